The van der Waals surface area contributed by atoms with E-state index in [1.165, 1.54) is 6.07 Å². The Kier molecular flexibility index (Phi) is 8.54. The molecule has 2 N–H and O–H groups in total. The van der Waals surface area contributed by atoms with E-state index in [1.807, 2.05) is 11.8 Å². The van der Waals surface area contributed by atoms with E-state index in [2.05, 4.69) is 29.3 Å². The maximum Gasteiger partial charge on any atom is 0.416 e. The lowest BCUT2D eigenvalue weighted by atomic mass is 9.88. The molecule has 0 saturated heterocycles. The molecular formula is C27H37F3N4O2. The number of nitrogens with one attached hydrogen (secondary N) is 2. The van der Waals surface area contributed by atoms with Crippen molar-refractivity contribution in [1.82, 2.24) is 15.2 Å². The van der Waals surface area contributed by atoms with Gasteiger partial charge in [0.2, 0.25) is 0 Å². The number of anilines is 1. The molecule has 0 aliphatic heterocycles. The fourth-order valence-electron chi connectivity index (χ4n) is 5.27. The van der Waals surface area contributed by atoms with Crippen LogP contribution in [0.1, 0.15) is 70.9 Å². The van der Waals surface area contributed by atoms with Crippen LogP contribution in [0.3, 0.4) is 0 Å². The molecule has 198 valence electrons. The quantitative estimate of drug-likeness (QED) is 0.558. The average molecular weight is 507 g/mol. The zero-order valence-electron chi connectivity index (χ0n) is 22.0. The van der Waals surface area contributed by atoms with Crippen molar-refractivity contribution in [3.05, 3.63) is 62.1 Å². The minimum atomic E-state index is -4.59. The molecule has 36 heavy (non-hydrogen) atoms. The van der Waals surface area contributed by atoms with Gasteiger partial charge >= 0.3 is 6.18 Å². The molecule has 0 unspecified atom stereocenters. The van der Waals surface area contributed by atoms with Crippen molar-refractivity contribution < 1.29 is 18.0 Å². The third kappa shape index (κ3) is 6.11. The monoisotopic (exact) mass is 506 g/mol. The summed E-state index contributed by atoms with van der Waals surface area (Å²) in [4.78, 5) is 32.4. The predicted octanol–water partition coefficient (Wildman–Crippen LogP) is 4.95. The van der Waals surface area contributed by atoms with Crippen LogP contribution in [0.25, 0.3) is 0 Å². The Morgan fingerprint density at radius 3 is 2.19 bits per heavy atom. The molecule has 1 heterocycles. The molecule has 6 nitrogen and oxygen atoms in total. The predicted molar refractivity (Wildman–Crippen MR) is 137 cm³/mol. The molecule has 0 spiro atoms. The van der Waals surface area contributed by atoms with Gasteiger partial charge in [0.25, 0.3) is 11.5 Å². The molecule has 1 aliphatic rings. The number of carbonyl (C=O) groups excluding carboxylic acids is 1. The van der Waals surface area contributed by atoms with Crippen molar-refractivity contribution in [3.63, 3.8) is 0 Å². The Morgan fingerprint density at radius 1 is 1.06 bits per heavy atom. The van der Waals surface area contributed by atoms with Gasteiger partial charge in [0.15, 0.2) is 0 Å². The summed E-state index contributed by atoms with van der Waals surface area (Å²) in [7, 11) is 4.10. The second-order valence-electron chi connectivity index (χ2n) is 10.0. The van der Waals surface area contributed by atoms with E-state index in [-0.39, 0.29) is 23.7 Å². The van der Waals surface area contributed by atoms with Crippen LogP contribution in [0.2, 0.25) is 0 Å². The third-order valence-corrected chi connectivity index (χ3v) is 7.36. The number of H-pyrrole nitrogens is 1. The topological polar surface area (TPSA) is 68.4 Å². The summed E-state index contributed by atoms with van der Waals surface area (Å²) in [6, 6.07) is 4.45. The van der Waals surface area contributed by atoms with Gasteiger partial charge in [-0.2, -0.15) is 13.2 Å². The molecule has 1 fully saturated rings. The van der Waals surface area contributed by atoms with Crippen molar-refractivity contribution in [3.8, 4) is 0 Å². The second kappa shape index (κ2) is 11.1. The van der Waals surface area contributed by atoms with E-state index in [0.717, 1.165) is 31.7 Å². The molecule has 3 rings (SSSR count). The number of amides is 1. The lowest BCUT2D eigenvalue weighted by molar-refractivity contribution is -0.137. The van der Waals surface area contributed by atoms with Crippen molar-refractivity contribution >= 4 is 11.6 Å². The highest BCUT2D eigenvalue weighted by molar-refractivity contribution is 5.97. The fourth-order valence-corrected chi connectivity index (χ4v) is 5.27. The molecule has 0 bridgehead atoms. The smallest absolute Gasteiger partial charge is 0.369 e. The van der Waals surface area contributed by atoms with Crippen LogP contribution in [0.15, 0.2) is 23.0 Å². The number of hydrogen-bond acceptors (Lipinski definition) is 4. The number of benzene rings is 1. The van der Waals surface area contributed by atoms with E-state index in [9.17, 15) is 22.8 Å². The van der Waals surface area contributed by atoms with Gasteiger partial charge in [-0.25, -0.2) is 0 Å². The number of nitrogens with zero attached hydrogens (tertiary/aromatic N) is 2. The average Bonchev–Trinajstić information content (AvgIpc) is 2.79. The lowest BCUT2D eigenvalue weighted by Gasteiger charge is -2.40. The number of alkyl halides is 3. The normalized spacial score (nSPS) is 18.4. The number of halogens is 3. The van der Waals surface area contributed by atoms with Crippen LogP contribution in [0, 0.1) is 20.8 Å². The highest BCUT2D eigenvalue weighted by Gasteiger charge is 2.35. The first-order valence-electron chi connectivity index (χ1n) is 12.5. The number of aromatic nitrogens is 1. The summed E-state index contributed by atoms with van der Waals surface area (Å²) >= 11 is 0. The van der Waals surface area contributed by atoms with E-state index >= 15 is 0 Å². The van der Waals surface area contributed by atoms with Gasteiger partial charge in [-0.1, -0.05) is 0 Å². The van der Waals surface area contributed by atoms with Crippen molar-refractivity contribution in [1.29, 1.82) is 0 Å². The summed E-state index contributed by atoms with van der Waals surface area (Å²) in [6.45, 7) is 7.63. The van der Waals surface area contributed by atoms with Gasteiger partial charge in [-0.05, 0) is 96.8 Å². The lowest BCUT2D eigenvalue weighted by Crippen LogP contribution is -2.42. The second-order valence-corrected chi connectivity index (χ2v) is 10.0. The van der Waals surface area contributed by atoms with E-state index in [0.29, 0.717) is 40.7 Å². The Bertz CT molecular complexity index is 1150. The van der Waals surface area contributed by atoms with Crippen LogP contribution in [-0.4, -0.2) is 48.5 Å². The summed E-state index contributed by atoms with van der Waals surface area (Å²) in [5.74, 6) is -0.633. The SMILES string of the molecule is CCN(c1cc(C(F)(F)F)cc(C(=O)NCc2c(C)cc(C)[nH]c2=O)c1C)C1CCC(N(C)C)CC1. The van der Waals surface area contributed by atoms with Crippen molar-refractivity contribution in [2.24, 2.45) is 0 Å². The number of rotatable bonds is 7. The van der Waals surface area contributed by atoms with E-state index in [4.69, 9.17) is 0 Å². The first-order valence-corrected chi connectivity index (χ1v) is 12.5. The zero-order chi connectivity index (χ0) is 26.8. The first kappa shape index (κ1) is 27.8. The molecule has 2 aromatic rings. The van der Waals surface area contributed by atoms with Crippen molar-refractivity contribution in [2.45, 2.75) is 78.2 Å². The van der Waals surface area contributed by atoms with E-state index in [1.54, 1.807) is 26.8 Å². The summed E-state index contributed by atoms with van der Waals surface area (Å²) in [5, 5.41) is 2.67. The van der Waals surface area contributed by atoms with Gasteiger partial charge in [-0.3, -0.25) is 9.59 Å². The molecule has 1 saturated carbocycles. The van der Waals surface area contributed by atoms with Gasteiger partial charge in [0.1, 0.15) is 0 Å². The number of hydrogen-bond donors (Lipinski definition) is 2. The van der Waals surface area contributed by atoms with E-state index < -0.39 is 17.6 Å². The Balaban J connectivity index is 1.94. The molecule has 1 aliphatic carbocycles. The summed E-state index contributed by atoms with van der Waals surface area (Å²) in [5.41, 5.74) is 1.54. The van der Waals surface area contributed by atoms with Crippen LogP contribution in [-0.2, 0) is 12.7 Å². The van der Waals surface area contributed by atoms with Crippen LogP contribution < -0.4 is 15.8 Å². The van der Waals surface area contributed by atoms with Crippen molar-refractivity contribution in [2.75, 3.05) is 25.5 Å². The minimum Gasteiger partial charge on any atom is -0.369 e. The molecule has 1 aromatic carbocycles. The van der Waals surface area contributed by atoms with Gasteiger partial charge < -0.3 is 20.1 Å². The zero-order valence-corrected chi connectivity index (χ0v) is 22.0. The first-order chi connectivity index (χ1) is 16.8. The van der Waals surface area contributed by atoms with Crippen LogP contribution in [0.5, 0.6) is 0 Å². The highest BCUT2D eigenvalue weighted by atomic mass is 19.4. The standard InChI is InChI=1S/C27H37F3N4O2/c1-7-34(21-10-8-20(9-11-21)33(5)6)24-14-19(27(28,29)30)13-22(18(24)4)25(35)31-15-23-16(2)12-17(3)32-26(23)36/h12-14,20-21H,7-11,15H2,1-6H3,(H,31,35)(H,32,36). The minimum absolute atomic E-state index is 0.0264. The van der Waals surface area contributed by atoms with Gasteiger partial charge in [-0.15, -0.1) is 0 Å². The molecule has 1 amide bonds. The number of aromatic amines is 1. The number of carbonyl (C=O) groups is 1. The highest BCUT2D eigenvalue weighted by Crippen LogP contribution is 2.38. The maximum absolute atomic E-state index is 13.9. The van der Waals surface area contributed by atoms with Crippen LogP contribution >= 0.6 is 0 Å². The molecule has 0 atom stereocenters. The summed E-state index contributed by atoms with van der Waals surface area (Å²) < 4.78 is 41.7. The number of aryl methyl sites for hydroxylation is 2. The molecule has 0 radical (unpaired) electrons. The van der Waals surface area contributed by atoms with Crippen LogP contribution in [0.4, 0.5) is 18.9 Å². The summed E-state index contributed by atoms with van der Waals surface area (Å²) in [6.07, 6.45) is -0.884. The maximum atomic E-state index is 13.9. The Morgan fingerprint density at radius 2 is 1.67 bits per heavy atom. The fraction of sp³-hybridized carbons (Fsp3) is 0.556. The largest absolute Gasteiger partial charge is 0.416 e. The molecular weight excluding hydrogens is 469 g/mol. The Hall–Kier alpha value is -2.81. The number of pyridine rings is 1. The molecule has 9 heteroatoms. The van der Waals surface area contributed by atoms with Gasteiger partial charge in [0.05, 0.1) is 5.56 Å². The third-order valence-electron chi connectivity index (χ3n) is 7.36. The van der Waals surface area contributed by atoms with Gasteiger partial charge in [0, 0.05) is 47.7 Å². The Labute approximate surface area is 210 Å². The molecule has 1 aromatic heterocycles.